The Bertz CT molecular complexity index is 234. The maximum Gasteiger partial charge on any atom is 0.325 e. The molecule has 1 saturated heterocycles. The van der Waals surface area contributed by atoms with E-state index in [4.69, 9.17) is 11.2 Å². The van der Waals surface area contributed by atoms with E-state index in [-0.39, 0.29) is 12.0 Å². The third-order valence-electron chi connectivity index (χ3n) is 2.26. The Hall–Kier alpha value is -1.05. The smallest absolute Gasteiger partial charge is 0.325 e. The van der Waals surface area contributed by atoms with Gasteiger partial charge in [-0.1, -0.05) is 0 Å². The molecular formula is C10H15NO3. The largest absolute Gasteiger partial charge is 0.468 e. The molecule has 14 heavy (non-hydrogen) atoms. The van der Waals surface area contributed by atoms with Crippen molar-refractivity contribution in [2.45, 2.75) is 12.5 Å². The number of rotatable bonds is 3. The number of methoxy groups -OCH3 is 1. The van der Waals surface area contributed by atoms with Crippen molar-refractivity contribution in [1.29, 1.82) is 0 Å². The Kier molecular flexibility index (Phi) is 4.44. The highest BCUT2D eigenvalue weighted by Crippen LogP contribution is 2.08. The summed E-state index contributed by atoms with van der Waals surface area (Å²) in [4.78, 5) is 13.4. The molecule has 0 bridgehead atoms. The average molecular weight is 197 g/mol. The standard InChI is InChI=1S/C10H15NO3/c1-3-4-5-11-6-7-14-8-9(11)10(12)13-2/h1,9H,4-8H2,2H3. The first kappa shape index (κ1) is 11.0. The zero-order valence-corrected chi connectivity index (χ0v) is 8.36. The summed E-state index contributed by atoms with van der Waals surface area (Å²) in [7, 11) is 1.39. The lowest BCUT2D eigenvalue weighted by molar-refractivity contribution is -0.153. The normalized spacial score (nSPS) is 22.7. The minimum atomic E-state index is -0.290. The molecular weight excluding hydrogens is 182 g/mol. The number of morpholine rings is 1. The zero-order valence-electron chi connectivity index (χ0n) is 8.36. The molecule has 1 rings (SSSR count). The topological polar surface area (TPSA) is 38.8 Å². The minimum Gasteiger partial charge on any atom is -0.468 e. The van der Waals surface area contributed by atoms with Crippen LogP contribution >= 0.6 is 0 Å². The van der Waals surface area contributed by atoms with Gasteiger partial charge in [-0.25, -0.2) is 0 Å². The van der Waals surface area contributed by atoms with Crippen molar-refractivity contribution in [3.05, 3.63) is 0 Å². The predicted octanol–water partition coefficient (Wildman–Crippen LogP) is -0.117. The van der Waals surface area contributed by atoms with Crippen LogP contribution in [-0.2, 0) is 14.3 Å². The summed E-state index contributed by atoms with van der Waals surface area (Å²) in [5.41, 5.74) is 0. The fourth-order valence-corrected chi connectivity index (χ4v) is 1.47. The van der Waals surface area contributed by atoms with E-state index in [9.17, 15) is 4.79 Å². The molecule has 1 aliphatic heterocycles. The molecule has 0 saturated carbocycles. The molecule has 78 valence electrons. The SMILES string of the molecule is C#CCCN1CCOCC1C(=O)OC. The number of nitrogens with zero attached hydrogens (tertiary/aromatic N) is 1. The van der Waals surface area contributed by atoms with Gasteiger partial charge in [0, 0.05) is 19.5 Å². The number of hydrogen-bond donors (Lipinski definition) is 0. The van der Waals surface area contributed by atoms with Gasteiger partial charge in [0.15, 0.2) is 0 Å². The molecule has 1 fully saturated rings. The van der Waals surface area contributed by atoms with Gasteiger partial charge in [-0.3, -0.25) is 9.69 Å². The van der Waals surface area contributed by atoms with E-state index in [2.05, 4.69) is 10.7 Å². The summed E-state index contributed by atoms with van der Waals surface area (Å²) in [5, 5.41) is 0. The second-order valence-electron chi connectivity index (χ2n) is 3.10. The third-order valence-corrected chi connectivity index (χ3v) is 2.26. The minimum absolute atomic E-state index is 0.248. The Balaban J connectivity index is 2.50. The molecule has 1 aliphatic rings. The average Bonchev–Trinajstić information content (AvgIpc) is 2.25. The number of carbonyl (C=O) groups is 1. The first-order chi connectivity index (χ1) is 6.79. The Morgan fingerprint density at radius 2 is 2.57 bits per heavy atom. The summed E-state index contributed by atoms with van der Waals surface area (Å²) in [6.45, 7) is 2.51. The molecule has 4 nitrogen and oxygen atoms in total. The third kappa shape index (κ3) is 2.72. The molecule has 0 aromatic carbocycles. The van der Waals surface area contributed by atoms with Gasteiger partial charge in [0.1, 0.15) is 6.04 Å². The second kappa shape index (κ2) is 5.63. The van der Waals surface area contributed by atoms with Crippen molar-refractivity contribution < 1.29 is 14.3 Å². The molecule has 1 unspecified atom stereocenters. The van der Waals surface area contributed by atoms with Crippen LogP contribution in [0.2, 0.25) is 0 Å². The number of carbonyl (C=O) groups excluding carboxylic acids is 1. The van der Waals surface area contributed by atoms with Gasteiger partial charge >= 0.3 is 5.97 Å². The van der Waals surface area contributed by atoms with Crippen LogP contribution in [0.15, 0.2) is 0 Å². The lowest BCUT2D eigenvalue weighted by atomic mass is 10.2. The number of ether oxygens (including phenoxy) is 2. The van der Waals surface area contributed by atoms with Crippen LogP contribution in [0.25, 0.3) is 0 Å². The van der Waals surface area contributed by atoms with E-state index in [0.717, 1.165) is 13.1 Å². The molecule has 0 radical (unpaired) electrons. The van der Waals surface area contributed by atoms with Crippen molar-refractivity contribution in [3.8, 4) is 12.3 Å². The van der Waals surface area contributed by atoms with Gasteiger partial charge in [-0.15, -0.1) is 12.3 Å². The summed E-state index contributed by atoms with van der Waals surface area (Å²) < 4.78 is 9.91. The number of hydrogen-bond acceptors (Lipinski definition) is 4. The Labute approximate surface area is 84.2 Å². The van der Waals surface area contributed by atoms with Gasteiger partial charge in [0.05, 0.1) is 20.3 Å². The van der Waals surface area contributed by atoms with Gasteiger partial charge in [0.25, 0.3) is 0 Å². The fraction of sp³-hybridized carbons (Fsp3) is 0.700. The van der Waals surface area contributed by atoms with Crippen LogP contribution in [0.3, 0.4) is 0 Å². The van der Waals surface area contributed by atoms with Crippen LogP contribution in [0, 0.1) is 12.3 Å². The Morgan fingerprint density at radius 3 is 3.21 bits per heavy atom. The molecule has 0 aromatic rings. The Morgan fingerprint density at radius 1 is 1.79 bits per heavy atom. The first-order valence-corrected chi connectivity index (χ1v) is 4.62. The van der Waals surface area contributed by atoms with Crippen LogP contribution in [0.4, 0.5) is 0 Å². The van der Waals surface area contributed by atoms with Gasteiger partial charge in [0.2, 0.25) is 0 Å². The highest BCUT2D eigenvalue weighted by atomic mass is 16.5. The van der Waals surface area contributed by atoms with E-state index in [0.29, 0.717) is 19.6 Å². The zero-order chi connectivity index (χ0) is 10.4. The van der Waals surface area contributed by atoms with Crippen molar-refractivity contribution >= 4 is 5.97 Å². The monoisotopic (exact) mass is 197 g/mol. The second-order valence-corrected chi connectivity index (χ2v) is 3.10. The van der Waals surface area contributed by atoms with Gasteiger partial charge < -0.3 is 9.47 Å². The molecule has 4 heteroatoms. The maximum absolute atomic E-state index is 11.3. The van der Waals surface area contributed by atoms with E-state index in [1.165, 1.54) is 7.11 Å². The van der Waals surface area contributed by atoms with Crippen LogP contribution in [-0.4, -0.2) is 50.3 Å². The number of esters is 1. The molecule has 0 amide bonds. The lowest BCUT2D eigenvalue weighted by Gasteiger charge is -2.32. The molecule has 0 N–H and O–H groups in total. The van der Waals surface area contributed by atoms with Crippen LogP contribution in [0.1, 0.15) is 6.42 Å². The summed E-state index contributed by atoms with van der Waals surface area (Å²) in [6.07, 6.45) is 5.82. The highest BCUT2D eigenvalue weighted by molar-refractivity contribution is 5.75. The van der Waals surface area contributed by atoms with Crippen molar-refractivity contribution in [1.82, 2.24) is 4.90 Å². The lowest BCUT2D eigenvalue weighted by Crippen LogP contribution is -2.50. The number of terminal acetylenes is 1. The van der Waals surface area contributed by atoms with Crippen LogP contribution < -0.4 is 0 Å². The molecule has 0 spiro atoms. The van der Waals surface area contributed by atoms with Crippen molar-refractivity contribution in [2.75, 3.05) is 33.4 Å². The molecule has 1 atom stereocenters. The van der Waals surface area contributed by atoms with E-state index < -0.39 is 0 Å². The van der Waals surface area contributed by atoms with Crippen molar-refractivity contribution in [2.24, 2.45) is 0 Å². The summed E-state index contributed by atoms with van der Waals surface area (Å²) in [5.74, 6) is 2.31. The van der Waals surface area contributed by atoms with Crippen LogP contribution in [0.5, 0.6) is 0 Å². The fourth-order valence-electron chi connectivity index (χ4n) is 1.47. The molecule has 0 aromatic heterocycles. The van der Waals surface area contributed by atoms with Gasteiger partial charge in [-0.05, 0) is 0 Å². The highest BCUT2D eigenvalue weighted by Gasteiger charge is 2.29. The van der Waals surface area contributed by atoms with Gasteiger partial charge in [-0.2, -0.15) is 0 Å². The predicted molar refractivity (Wildman–Crippen MR) is 51.6 cm³/mol. The quantitative estimate of drug-likeness (QED) is 0.467. The molecule has 1 heterocycles. The summed E-state index contributed by atoms with van der Waals surface area (Å²) >= 11 is 0. The summed E-state index contributed by atoms with van der Waals surface area (Å²) in [6, 6.07) is -0.290. The molecule has 0 aliphatic carbocycles. The maximum atomic E-state index is 11.3. The van der Waals surface area contributed by atoms with E-state index >= 15 is 0 Å². The first-order valence-electron chi connectivity index (χ1n) is 4.62. The van der Waals surface area contributed by atoms with E-state index in [1.807, 2.05) is 4.90 Å². The van der Waals surface area contributed by atoms with Crippen molar-refractivity contribution in [3.63, 3.8) is 0 Å². The van der Waals surface area contributed by atoms with E-state index in [1.54, 1.807) is 0 Å².